The van der Waals surface area contributed by atoms with Gasteiger partial charge in [-0.15, -0.1) is 0 Å². The third-order valence-corrected chi connectivity index (χ3v) is 3.22. The van der Waals surface area contributed by atoms with E-state index >= 15 is 0 Å². The molecule has 4 saturated carbocycles. The molecule has 0 saturated heterocycles. The zero-order valence-electron chi connectivity index (χ0n) is 14.5. The standard InChI is InChI=1S/C12H14N2.2C5H5.2Fe/c1-2-6-11(5-1)13-9-10-14-12-7-3-4-8-12;2*1-2-4-5-3-1;;/h1-8,13-14H,9-10H2;2*1-5H;;/q;;;2*+2. The van der Waals surface area contributed by atoms with Crippen LogP contribution < -0.4 is 10.6 Å². The van der Waals surface area contributed by atoms with Crippen LogP contribution in [0.15, 0.2) is 0 Å². The molecule has 2 N–H and O–H groups in total. The smallest absolute Gasteiger partial charge is 0.308 e. The predicted octanol–water partition coefficient (Wildman–Crippen LogP) is 2.93. The maximum Gasteiger partial charge on any atom is 2.00 e. The third kappa shape index (κ3) is 14.0. The Labute approximate surface area is 185 Å². The summed E-state index contributed by atoms with van der Waals surface area (Å²) in [6.07, 6.45) is 36.4. The van der Waals surface area contributed by atoms with Crippen LogP contribution in [0, 0.1) is 128 Å². The van der Waals surface area contributed by atoms with Crippen molar-refractivity contribution in [2.45, 2.75) is 0 Å². The van der Waals surface area contributed by atoms with E-state index in [-0.39, 0.29) is 34.1 Å². The fourth-order valence-corrected chi connectivity index (χ4v) is 2.04. The van der Waals surface area contributed by atoms with Crippen LogP contribution >= 0.6 is 0 Å². The molecule has 4 aliphatic rings. The van der Waals surface area contributed by atoms with Crippen molar-refractivity contribution in [1.82, 2.24) is 10.6 Å². The summed E-state index contributed by atoms with van der Waals surface area (Å²) in [6.45, 7) is 1.88. The van der Waals surface area contributed by atoms with Gasteiger partial charge in [0.15, 0.2) is 0 Å². The minimum Gasteiger partial charge on any atom is -0.308 e. The first kappa shape index (κ1) is 27.0. The summed E-state index contributed by atoms with van der Waals surface area (Å²) in [5.74, 6) is 0. The first-order valence-corrected chi connectivity index (χ1v) is 8.20. The second kappa shape index (κ2) is 19.3. The largest absolute Gasteiger partial charge is 2.00 e. The molecule has 0 unspecified atom stereocenters. The van der Waals surface area contributed by atoms with Crippen LogP contribution in [0.1, 0.15) is 0 Å². The molecule has 20 radical (unpaired) electrons. The Hall–Kier alpha value is 0.959. The molecule has 0 heterocycles. The molecular formula is C22H24Fe2N2+4. The van der Waals surface area contributed by atoms with E-state index in [9.17, 15) is 0 Å². The van der Waals surface area contributed by atoms with Gasteiger partial charge >= 0.3 is 34.1 Å². The van der Waals surface area contributed by atoms with E-state index in [1.807, 2.05) is 89.9 Å². The normalized spacial score (nSPS) is 22.6. The van der Waals surface area contributed by atoms with Crippen molar-refractivity contribution in [3.8, 4) is 0 Å². The van der Waals surface area contributed by atoms with Crippen molar-refractivity contribution in [3.05, 3.63) is 128 Å². The van der Waals surface area contributed by atoms with Crippen molar-refractivity contribution in [2.24, 2.45) is 0 Å². The minimum absolute atomic E-state index is 0. The molecule has 0 bridgehead atoms. The summed E-state index contributed by atoms with van der Waals surface area (Å²) in [7, 11) is 0. The van der Waals surface area contributed by atoms with Crippen LogP contribution in [-0.2, 0) is 34.1 Å². The van der Waals surface area contributed by atoms with Crippen molar-refractivity contribution in [3.63, 3.8) is 0 Å². The number of hydrogen-bond acceptors (Lipinski definition) is 2. The predicted molar refractivity (Wildman–Crippen MR) is 99.9 cm³/mol. The molecule has 4 heteroatoms. The summed E-state index contributed by atoms with van der Waals surface area (Å²) in [5.41, 5.74) is 0. The molecule has 0 aromatic carbocycles. The van der Waals surface area contributed by atoms with Gasteiger partial charge in [0.2, 0.25) is 0 Å². The number of nitrogens with one attached hydrogen (secondary N) is 2. The second-order valence-electron chi connectivity index (χ2n) is 5.13. The Morgan fingerprint density at radius 3 is 0.846 bits per heavy atom. The van der Waals surface area contributed by atoms with Gasteiger partial charge in [-0.1, -0.05) is 0 Å². The van der Waals surface area contributed by atoms with Gasteiger partial charge in [-0.2, -0.15) is 0 Å². The number of rotatable bonds is 5. The maximum atomic E-state index is 3.32. The van der Waals surface area contributed by atoms with Gasteiger partial charge in [0, 0.05) is 25.2 Å². The van der Waals surface area contributed by atoms with E-state index in [0.29, 0.717) is 0 Å². The molecule has 0 amide bonds. The van der Waals surface area contributed by atoms with Gasteiger partial charge in [-0.3, -0.25) is 0 Å². The van der Waals surface area contributed by atoms with Crippen molar-refractivity contribution in [2.75, 3.05) is 13.1 Å². The molecule has 0 spiro atoms. The maximum absolute atomic E-state index is 3.32. The van der Waals surface area contributed by atoms with Gasteiger partial charge in [-0.05, 0) is 116 Å². The molecule has 4 rings (SSSR count). The molecule has 134 valence electrons. The monoisotopic (exact) mass is 428 g/mol. The van der Waals surface area contributed by atoms with E-state index in [1.54, 1.807) is 0 Å². The van der Waals surface area contributed by atoms with Crippen LogP contribution in [0.5, 0.6) is 0 Å². The quantitative estimate of drug-likeness (QED) is 0.520. The molecule has 2 nitrogen and oxygen atoms in total. The SMILES string of the molecule is [CH]1[CH][CH][CH][CH]1.[CH]1[CH][CH][CH][CH]1.[CH]1[CH][CH][C](NCCN[C]2[CH][CH][CH][CH]2)[CH]1.[Fe+2].[Fe+2]. The summed E-state index contributed by atoms with van der Waals surface area (Å²) >= 11 is 0. The first-order chi connectivity index (χ1) is 11.9. The van der Waals surface area contributed by atoms with Gasteiger partial charge in [0.1, 0.15) is 0 Å². The fraction of sp³-hybridized carbons (Fsp3) is 0.0909. The zero-order valence-corrected chi connectivity index (χ0v) is 16.7. The molecule has 0 aromatic rings. The Kier molecular flexibility index (Phi) is 20.0. The zero-order chi connectivity index (χ0) is 16.7. The van der Waals surface area contributed by atoms with Crippen LogP contribution in [0.4, 0.5) is 0 Å². The topological polar surface area (TPSA) is 24.1 Å². The summed E-state index contributed by atoms with van der Waals surface area (Å²) in [6, 6.07) is 2.38. The summed E-state index contributed by atoms with van der Waals surface area (Å²) in [4.78, 5) is 0. The van der Waals surface area contributed by atoms with E-state index in [2.05, 4.69) is 36.3 Å². The van der Waals surface area contributed by atoms with Crippen molar-refractivity contribution in [1.29, 1.82) is 0 Å². The first-order valence-electron chi connectivity index (χ1n) is 8.20. The molecular weight excluding hydrogens is 404 g/mol. The molecule has 0 atom stereocenters. The average molecular weight is 428 g/mol. The van der Waals surface area contributed by atoms with Crippen LogP contribution in [0.25, 0.3) is 0 Å². The Morgan fingerprint density at radius 1 is 0.385 bits per heavy atom. The third-order valence-electron chi connectivity index (χ3n) is 3.22. The van der Waals surface area contributed by atoms with Gasteiger partial charge in [-0.25, -0.2) is 0 Å². The van der Waals surface area contributed by atoms with Crippen LogP contribution in [-0.4, -0.2) is 13.1 Å². The van der Waals surface area contributed by atoms with Crippen molar-refractivity contribution >= 4 is 0 Å². The van der Waals surface area contributed by atoms with E-state index in [0.717, 1.165) is 13.1 Å². The molecule has 26 heavy (non-hydrogen) atoms. The Bertz CT molecular complexity index is 226. The van der Waals surface area contributed by atoms with Gasteiger partial charge in [0.25, 0.3) is 0 Å². The second-order valence-corrected chi connectivity index (χ2v) is 5.13. The Morgan fingerprint density at radius 2 is 0.615 bits per heavy atom. The Balaban J connectivity index is 0.000000432. The fourth-order valence-electron chi connectivity index (χ4n) is 2.04. The summed E-state index contributed by atoms with van der Waals surface area (Å²) in [5, 5.41) is 6.65. The molecule has 0 aromatic heterocycles. The van der Waals surface area contributed by atoms with Gasteiger partial charge < -0.3 is 10.6 Å². The van der Waals surface area contributed by atoms with Crippen LogP contribution in [0.3, 0.4) is 0 Å². The molecule has 4 fully saturated rings. The summed E-state index contributed by atoms with van der Waals surface area (Å²) < 4.78 is 0. The van der Waals surface area contributed by atoms with E-state index in [1.165, 1.54) is 12.1 Å². The number of hydrogen-bond donors (Lipinski definition) is 2. The minimum atomic E-state index is 0. The van der Waals surface area contributed by atoms with Gasteiger partial charge in [0.05, 0.1) is 0 Å². The van der Waals surface area contributed by atoms with Crippen molar-refractivity contribution < 1.29 is 34.1 Å². The average Bonchev–Trinajstić information content (AvgIpc) is 3.44. The van der Waals surface area contributed by atoms with Crippen LogP contribution in [0.2, 0.25) is 0 Å². The van der Waals surface area contributed by atoms with E-state index in [4.69, 9.17) is 0 Å². The molecule has 4 aliphatic carbocycles. The van der Waals surface area contributed by atoms with E-state index < -0.39 is 0 Å². The molecule has 0 aliphatic heterocycles.